The largest absolute Gasteiger partial charge is 0.457 e. The molecule has 1 rings (SSSR count). The summed E-state index contributed by atoms with van der Waals surface area (Å²) in [5, 5.41) is 30.4. The van der Waals surface area contributed by atoms with Crippen LogP contribution in [0, 0.1) is 0 Å². The first-order valence-corrected chi connectivity index (χ1v) is 20.1. The molecule has 4 N–H and O–H groups in total. The Labute approximate surface area is 301 Å². The fourth-order valence-electron chi connectivity index (χ4n) is 5.45. The van der Waals surface area contributed by atoms with Crippen molar-refractivity contribution < 1.29 is 56.2 Å². The van der Waals surface area contributed by atoms with Gasteiger partial charge in [0.1, 0.15) is 30.5 Å². The second-order valence-electron chi connectivity index (χ2n) is 12.8. The molecule has 0 aliphatic carbocycles. The molecule has 0 saturated carbocycles. The SMILES string of the molecule is CC/C=C\C/C=C\C/C=C\CCCCCCCCCC(=O)OC(COCCCCCCCC)COC1OC(CO)C(O)C(OS(=O)(=O)O)C1O. The van der Waals surface area contributed by atoms with Gasteiger partial charge in [-0.15, -0.1) is 0 Å². The first-order valence-electron chi connectivity index (χ1n) is 18.7. The molecule has 1 aliphatic heterocycles. The van der Waals surface area contributed by atoms with Gasteiger partial charge in [-0.2, -0.15) is 8.42 Å². The van der Waals surface area contributed by atoms with Crippen molar-refractivity contribution in [3.8, 4) is 0 Å². The van der Waals surface area contributed by atoms with E-state index < -0.39 is 59.8 Å². The quantitative estimate of drug-likeness (QED) is 0.0271. The Bertz CT molecular complexity index is 1030. The fraction of sp³-hybridized carbons (Fsp3) is 0.811. The van der Waals surface area contributed by atoms with E-state index in [0.29, 0.717) is 13.0 Å². The lowest BCUT2D eigenvalue weighted by Crippen LogP contribution is -2.60. The summed E-state index contributed by atoms with van der Waals surface area (Å²) >= 11 is 0. The van der Waals surface area contributed by atoms with Crippen LogP contribution >= 0.6 is 0 Å². The third-order valence-electron chi connectivity index (χ3n) is 8.28. The third kappa shape index (κ3) is 23.7. The van der Waals surface area contributed by atoms with E-state index in [2.05, 4.69) is 54.5 Å². The molecule has 0 radical (unpaired) electrons. The summed E-state index contributed by atoms with van der Waals surface area (Å²) in [6, 6.07) is 0. The molecule has 6 unspecified atom stereocenters. The standard InChI is InChI=1S/C37H66O12S/c1-3-5-7-9-11-12-13-14-15-16-17-18-19-20-21-22-24-26-33(39)47-31(29-45-27-25-23-10-8-6-4-2)30-46-37-35(41)36(49-50(42,43)44)34(40)32(28-38)48-37/h5,7,11-12,14-15,31-32,34-38,40-41H,3-4,6,8-10,13,16-30H2,1-2H3,(H,42,43,44)/b7-5-,12-11-,15-14-. The molecular weight excluding hydrogens is 668 g/mol. The second kappa shape index (κ2) is 29.9. The van der Waals surface area contributed by atoms with Crippen LogP contribution in [0.4, 0.5) is 0 Å². The van der Waals surface area contributed by atoms with E-state index in [4.69, 9.17) is 23.5 Å². The van der Waals surface area contributed by atoms with Gasteiger partial charge in [0.15, 0.2) is 6.29 Å². The molecule has 1 aliphatic rings. The lowest BCUT2D eigenvalue weighted by atomic mass is 9.99. The Morgan fingerprint density at radius 1 is 0.780 bits per heavy atom. The van der Waals surface area contributed by atoms with Gasteiger partial charge in [0.2, 0.25) is 0 Å². The van der Waals surface area contributed by atoms with Gasteiger partial charge in [0.25, 0.3) is 0 Å². The first-order chi connectivity index (χ1) is 24.1. The molecule has 50 heavy (non-hydrogen) atoms. The predicted octanol–water partition coefficient (Wildman–Crippen LogP) is 6.29. The number of hydrogen-bond acceptors (Lipinski definition) is 11. The fourth-order valence-corrected chi connectivity index (χ4v) is 5.96. The van der Waals surface area contributed by atoms with E-state index >= 15 is 0 Å². The van der Waals surface area contributed by atoms with Crippen molar-refractivity contribution in [3.05, 3.63) is 36.5 Å². The van der Waals surface area contributed by atoms with Gasteiger partial charge in [-0.05, 0) is 44.9 Å². The van der Waals surface area contributed by atoms with Crippen LogP contribution in [0.5, 0.6) is 0 Å². The Morgan fingerprint density at radius 2 is 1.38 bits per heavy atom. The van der Waals surface area contributed by atoms with Crippen LogP contribution in [0.3, 0.4) is 0 Å². The van der Waals surface area contributed by atoms with E-state index in [1.165, 1.54) is 32.1 Å². The van der Waals surface area contributed by atoms with Crippen LogP contribution in [0.2, 0.25) is 0 Å². The summed E-state index contributed by atoms with van der Waals surface area (Å²) in [6.07, 6.45) is 22.2. The van der Waals surface area contributed by atoms with Crippen LogP contribution in [0.1, 0.15) is 129 Å². The van der Waals surface area contributed by atoms with Gasteiger partial charge in [-0.25, -0.2) is 4.18 Å². The molecule has 0 aromatic rings. The van der Waals surface area contributed by atoms with Crippen molar-refractivity contribution in [3.63, 3.8) is 0 Å². The molecule has 0 amide bonds. The van der Waals surface area contributed by atoms with Gasteiger partial charge >= 0.3 is 16.4 Å². The number of allylic oxidation sites excluding steroid dienone is 6. The number of aliphatic hydroxyl groups is 3. The zero-order valence-corrected chi connectivity index (χ0v) is 31.3. The Balaban J connectivity index is 2.45. The van der Waals surface area contributed by atoms with Crippen LogP contribution < -0.4 is 0 Å². The van der Waals surface area contributed by atoms with Crippen LogP contribution in [0.25, 0.3) is 0 Å². The molecule has 0 aromatic heterocycles. The summed E-state index contributed by atoms with van der Waals surface area (Å²) < 4.78 is 58.5. The summed E-state index contributed by atoms with van der Waals surface area (Å²) in [5.41, 5.74) is 0. The lowest BCUT2D eigenvalue weighted by Gasteiger charge is -2.41. The minimum atomic E-state index is -5.05. The zero-order chi connectivity index (χ0) is 36.9. The number of unbranched alkanes of at least 4 members (excludes halogenated alkanes) is 12. The van der Waals surface area contributed by atoms with Gasteiger partial charge in [0, 0.05) is 13.0 Å². The Kier molecular flexibility index (Phi) is 27.7. The summed E-state index contributed by atoms with van der Waals surface area (Å²) in [6.45, 7) is 3.77. The van der Waals surface area contributed by atoms with Crippen LogP contribution in [-0.4, -0.2) is 97.5 Å². The number of hydrogen-bond donors (Lipinski definition) is 4. The summed E-state index contributed by atoms with van der Waals surface area (Å²) in [4.78, 5) is 12.7. The smallest absolute Gasteiger partial charge is 0.397 e. The maximum Gasteiger partial charge on any atom is 0.397 e. The Hall–Kier alpha value is -1.68. The van der Waals surface area contributed by atoms with Gasteiger partial charge in [-0.3, -0.25) is 9.35 Å². The summed E-state index contributed by atoms with van der Waals surface area (Å²) in [5.74, 6) is -0.415. The van der Waals surface area contributed by atoms with Crippen molar-refractivity contribution in [2.24, 2.45) is 0 Å². The molecule has 0 spiro atoms. The Morgan fingerprint density at radius 3 is 2.02 bits per heavy atom. The number of carbonyl (C=O) groups excluding carboxylic acids is 1. The molecule has 292 valence electrons. The van der Waals surface area contributed by atoms with Gasteiger partial charge in [0.05, 0.1) is 19.8 Å². The minimum absolute atomic E-state index is 0.0308. The van der Waals surface area contributed by atoms with Crippen LogP contribution in [0.15, 0.2) is 36.5 Å². The van der Waals surface area contributed by atoms with Gasteiger partial charge < -0.3 is 34.3 Å². The predicted molar refractivity (Wildman–Crippen MR) is 193 cm³/mol. The normalized spacial score (nSPS) is 22.2. The number of carbonyl (C=O) groups is 1. The van der Waals surface area contributed by atoms with Crippen LogP contribution in [-0.2, 0) is 38.3 Å². The van der Waals surface area contributed by atoms with E-state index in [9.17, 15) is 28.5 Å². The first kappa shape index (κ1) is 46.3. The molecule has 1 fully saturated rings. The maximum atomic E-state index is 12.7. The van der Waals surface area contributed by atoms with Crippen molar-refractivity contribution in [1.29, 1.82) is 0 Å². The van der Waals surface area contributed by atoms with Crippen molar-refractivity contribution in [2.75, 3.05) is 26.4 Å². The second-order valence-corrected chi connectivity index (χ2v) is 13.8. The number of rotatable bonds is 31. The average Bonchev–Trinajstić information content (AvgIpc) is 3.08. The average molecular weight is 735 g/mol. The molecule has 1 heterocycles. The third-order valence-corrected chi connectivity index (χ3v) is 8.74. The van der Waals surface area contributed by atoms with E-state index in [-0.39, 0.29) is 19.6 Å². The molecule has 1 saturated heterocycles. The zero-order valence-electron chi connectivity index (χ0n) is 30.4. The highest BCUT2D eigenvalue weighted by molar-refractivity contribution is 7.80. The van der Waals surface area contributed by atoms with Crippen molar-refractivity contribution in [2.45, 2.75) is 166 Å². The molecule has 13 heteroatoms. The topological polar surface area (TPSA) is 178 Å². The molecule has 0 bridgehead atoms. The highest BCUT2D eigenvalue weighted by Gasteiger charge is 2.48. The monoisotopic (exact) mass is 734 g/mol. The van der Waals surface area contributed by atoms with E-state index in [1.807, 2.05) is 0 Å². The molecule has 12 nitrogen and oxygen atoms in total. The van der Waals surface area contributed by atoms with Crippen molar-refractivity contribution in [1.82, 2.24) is 0 Å². The highest BCUT2D eigenvalue weighted by atomic mass is 32.3. The molecular formula is C37H66O12S. The molecule has 0 aromatic carbocycles. The maximum absolute atomic E-state index is 12.7. The number of esters is 1. The lowest BCUT2D eigenvalue weighted by molar-refractivity contribution is -0.301. The van der Waals surface area contributed by atoms with Gasteiger partial charge in [-0.1, -0.05) is 115 Å². The van der Waals surface area contributed by atoms with E-state index in [0.717, 1.165) is 70.6 Å². The molecule has 6 atom stereocenters. The van der Waals surface area contributed by atoms with Crippen molar-refractivity contribution >= 4 is 16.4 Å². The number of ether oxygens (including phenoxy) is 4. The highest BCUT2D eigenvalue weighted by Crippen LogP contribution is 2.26. The minimum Gasteiger partial charge on any atom is -0.457 e. The number of aliphatic hydroxyl groups excluding tert-OH is 3. The summed E-state index contributed by atoms with van der Waals surface area (Å²) in [7, 11) is -5.05. The van der Waals surface area contributed by atoms with E-state index in [1.54, 1.807) is 0 Å².